The van der Waals surface area contributed by atoms with Gasteiger partial charge in [0, 0.05) is 19.2 Å². The van der Waals surface area contributed by atoms with E-state index in [4.69, 9.17) is 4.74 Å². The van der Waals surface area contributed by atoms with Gasteiger partial charge in [-0.3, -0.25) is 0 Å². The average molecular weight is 267 g/mol. The molecular formula is C17H33NO. The average Bonchev–Trinajstić information content (AvgIpc) is 2.82. The van der Waals surface area contributed by atoms with E-state index in [9.17, 15) is 0 Å². The zero-order valence-corrected chi connectivity index (χ0v) is 13.4. The molecule has 2 atom stereocenters. The van der Waals surface area contributed by atoms with Gasteiger partial charge < -0.3 is 10.1 Å². The van der Waals surface area contributed by atoms with Crippen LogP contribution in [0.25, 0.3) is 0 Å². The molecule has 1 heterocycles. The first kappa shape index (κ1) is 15.3. The van der Waals surface area contributed by atoms with Crippen LogP contribution in [0.1, 0.15) is 66.2 Å². The molecule has 2 nitrogen and oxygen atoms in total. The predicted molar refractivity (Wildman–Crippen MR) is 81.3 cm³/mol. The summed E-state index contributed by atoms with van der Waals surface area (Å²) in [7, 11) is 0. The van der Waals surface area contributed by atoms with Crippen molar-refractivity contribution in [2.24, 2.45) is 17.3 Å². The van der Waals surface area contributed by atoms with E-state index in [0.717, 1.165) is 31.0 Å². The lowest BCUT2D eigenvalue weighted by atomic mass is 9.69. The highest BCUT2D eigenvalue weighted by atomic mass is 16.5. The highest BCUT2D eigenvalue weighted by molar-refractivity contribution is 4.86. The largest absolute Gasteiger partial charge is 0.378 e. The highest BCUT2D eigenvalue weighted by Crippen LogP contribution is 2.40. The van der Waals surface area contributed by atoms with Crippen LogP contribution in [0.2, 0.25) is 0 Å². The van der Waals surface area contributed by atoms with E-state index in [1.165, 1.54) is 38.5 Å². The maximum Gasteiger partial charge on any atom is 0.0588 e. The lowest BCUT2D eigenvalue weighted by Gasteiger charge is -2.39. The van der Waals surface area contributed by atoms with Crippen molar-refractivity contribution in [3.63, 3.8) is 0 Å². The normalized spacial score (nSPS) is 36.6. The van der Waals surface area contributed by atoms with E-state index in [1.54, 1.807) is 0 Å². The van der Waals surface area contributed by atoms with Gasteiger partial charge in [-0.1, -0.05) is 27.2 Å². The third kappa shape index (κ3) is 3.95. The fourth-order valence-corrected chi connectivity index (χ4v) is 3.73. The Bertz CT molecular complexity index is 268. The summed E-state index contributed by atoms with van der Waals surface area (Å²) in [6, 6.07) is 0.761. The first-order valence-electron chi connectivity index (χ1n) is 8.38. The van der Waals surface area contributed by atoms with Crippen LogP contribution in [-0.2, 0) is 4.74 Å². The molecule has 2 rings (SSSR count). The molecule has 1 saturated carbocycles. The van der Waals surface area contributed by atoms with Crippen LogP contribution in [0.15, 0.2) is 0 Å². The van der Waals surface area contributed by atoms with E-state index in [-0.39, 0.29) is 0 Å². The molecule has 0 aromatic rings. The van der Waals surface area contributed by atoms with Gasteiger partial charge in [-0.15, -0.1) is 0 Å². The Morgan fingerprint density at radius 1 is 1.11 bits per heavy atom. The van der Waals surface area contributed by atoms with Gasteiger partial charge >= 0.3 is 0 Å². The topological polar surface area (TPSA) is 21.3 Å². The summed E-state index contributed by atoms with van der Waals surface area (Å²) in [6.45, 7) is 11.6. The molecular weight excluding hydrogens is 234 g/mol. The second kappa shape index (κ2) is 6.58. The smallest absolute Gasteiger partial charge is 0.0588 e. The van der Waals surface area contributed by atoms with Gasteiger partial charge in [-0.05, 0) is 56.3 Å². The van der Waals surface area contributed by atoms with Crippen LogP contribution >= 0.6 is 0 Å². The number of hydrogen-bond donors (Lipinski definition) is 1. The minimum absolute atomic E-state index is 0.461. The summed E-state index contributed by atoms with van der Waals surface area (Å²) in [5, 5.41) is 3.80. The molecule has 19 heavy (non-hydrogen) atoms. The third-order valence-corrected chi connectivity index (χ3v) is 5.95. The fourth-order valence-electron chi connectivity index (χ4n) is 3.73. The molecule has 1 aliphatic carbocycles. The van der Waals surface area contributed by atoms with E-state index in [2.05, 4.69) is 33.0 Å². The molecule has 0 spiro atoms. The molecule has 112 valence electrons. The van der Waals surface area contributed by atoms with Crippen molar-refractivity contribution < 1.29 is 4.74 Å². The standard InChI is InChI=1S/C17H33NO/c1-5-17(3,4)15-6-8-16(9-7-15)18-12-14-10-11-19-13(14)2/h13-16,18H,5-12H2,1-4H3. The minimum atomic E-state index is 0.461. The van der Waals surface area contributed by atoms with E-state index in [0.29, 0.717) is 11.5 Å². The second-order valence-electron chi connectivity index (χ2n) is 7.42. The zero-order chi connectivity index (χ0) is 13.9. The van der Waals surface area contributed by atoms with Gasteiger partial charge in [0.25, 0.3) is 0 Å². The van der Waals surface area contributed by atoms with E-state index >= 15 is 0 Å². The number of rotatable bonds is 5. The quantitative estimate of drug-likeness (QED) is 0.813. The molecule has 0 bridgehead atoms. The highest BCUT2D eigenvalue weighted by Gasteiger charge is 2.32. The molecule has 1 N–H and O–H groups in total. The van der Waals surface area contributed by atoms with Crippen molar-refractivity contribution in [1.29, 1.82) is 0 Å². The van der Waals surface area contributed by atoms with Crippen LogP contribution in [0.3, 0.4) is 0 Å². The Hall–Kier alpha value is -0.0800. The predicted octanol–water partition coefficient (Wildman–Crippen LogP) is 4.00. The number of hydrogen-bond acceptors (Lipinski definition) is 2. The Morgan fingerprint density at radius 3 is 2.32 bits per heavy atom. The monoisotopic (exact) mass is 267 g/mol. The van der Waals surface area contributed by atoms with Crippen molar-refractivity contribution >= 4 is 0 Å². The molecule has 1 aliphatic heterocycles. The summed E-state index contributed by atoms with van der Waals surface area (Å²) >= 11 is 0. The molecule has 1 saturated heterocycles. The molecule has 2 heteroatoms. The number of ether oxygens (including phenoxy) is 1. The van der Waals surface area contributed by atoms with Crippen LogP contribution in [-0.4, -0.2) is 25.3 Å². The summed E-state index contributed by atoms with van der Waals surface area (Å²) in [6.07, 6.45) is 8.58. The zero-order valence-electron chi connectivity index (χ0n) is 13.4. The van der Waals surface area contributed by atoms with Gasteiger partial charge in [0.15, 0.2) is 0 Å². The van der Waals surface area contributed by atoms with Crippen LogP contribution in [0.5, 0.6) is 0 Å². The maximum atomic E-state index is 5.64. The summed E-state index contributed by atoms with van der Waals surface area (Å²) < 4.78 is 5.64. The van der Waals surface area contributed by atoms with Gasteiger partial charge in [0.1, 0.15) is 0 Å². The van der Waals surface area contributed by atoms with Gasteiger partial charge in [0.05, 0.1) is 6.10 Å². The van der Waals surface area contributed by atoms with Crippen LogP contribution in [0.4, 0.5) is 0 Å². The van der Waals surface area contributed by atoms with Gasteiger partial charge in [-0.2, -0.15) is 0 Å². The van der Waals surface area contributed by atoms with Crippen LogP contribution < -0.4 is 5.32 Å². The van der Waals surface area contributed by atoms with Crippen molar-refractivity contribution in [3.8, 4) is 0 Å². The van der Waals surface area contributed by atoms with Crippen molar-refractivity contribution in [3.05, 3.63) is 0 Å². The molecule has 0 aromatic heterocycles. The molecule has 0 amide bonds. The first-order chi connectivity index (χ1) is 9.03. The Morgan fingerprint density at radius 2 is 1.79 bits per heavy atom. The Balaban J connectivity index is 1.69. The second-order valence-corrected chi connectivity index (χ2v) is 7.42. The minimum Gasteiger partial charge on any atom is -0.378 e. The SMILES string of the molecule is CCC(C)(C)C1CCC(NCC2CCOC2C)CC1. The fraction of sp³-hybridized carbons (Fsp3) is 1.00. The number of nitrogens with one attached hydrogen (secondary N) is 1. The first-order valence-corrected chi connectivity index (χ1v) is 8.38. The summed E-state index contributed by atoms with van der Waals surface area (Å²) in [4.78, 5) is 0. The Kier molecular flexibility index (Phi) is 5.30. The molecule has 2 aliphatic rings. The molecule has 0 radical (unpaired) electrons. The van der Waals surface area contributed by atoms with E-state index in [1.807, 2.05) is 0 Å². The van der Waals surface area contributed by atoms with E-state index < -0.39 is 0 Å². The Labute approximate surface area is 119 Å². The molecule has 2 fully saturated rings. The lowest BCUT2D eigenvalue weighted by Crippen LogP contribution is -2.39. The lowest BCUT2D eigenvalue weighted by molar-refractivity contribution is 0.102. The molecule has 0 aromatic carbocycles. The van der Waals surface area contributed by atoms with Gasteiger partial charge in [-0.25, -0.2) is 0 Å². The van der Waals surface area contributed by atoms with Crippen LogP contribution in [0, 0.1) is 17.3 Å². The maximum absolute atomic E-state index is 5.64. The van der Waals surface area contributed by atoms with Gasteiger partial charge in [0.2, 0.25) is 0 Å². The third-order valence-electron chi connectivity index (χ3n) is 5.95. The van der Waals surface area contributed by atoms with Crippen molar-refractivity contribution in [2.75, 3.05) is 13.2 Å². The van der Waals surface area contributed by atoms with Crippen molar-refractivity contribution in [2.45, 2.75) is 78.4 Å². The molecule has 2 unspecified atom stereocenters. The summed E-state index contributed by atoms with van der Waals surface area (Å²) in [5.74, 6) is 1.68. The summed E-state index contributed by atoms with van der Waals surface area (Å²) in [5.41, 5.74) is 0.540. The van der Waals surface area contributed by atoms with Crippen molar-refractivity contribution in [1.82, 2.24) is 5.32 Å².